The van der Waals surface area contributed by atoms with Crippen molar-refractivity contribution in [3.05, 3.63) is 29.8 Å². The number of carboxylic acid groups (broad SMARTS) is 1. The number of nitrogens with zero attached hydrogens (tertiary/aromatic N) is 2. The molecule has 1 aromatic rings. The summed E-state index contributed by atoms with van der Waals surface area (Å²) in [6.07, 6.45) is 0. The van der Waals surface area contributed by atoms with Crippen LogP contribution in [0, 0.1) is 5.92 Å². The Labute approximate surface area is 138 Å². The van der Waals surface area contributed by atoms with E-state index < -0.39 is 12.0 Å². The van der Waals surface area contributed by atoms with Crippen LogP contribution in [0.15, 0.2) is 24.3 Å². The molecule has 2 atom stereocenters. The predicted molar refractivity (Wildman–Crippen MR) is 90.8 cm³/mol. The maximum Gasteiger partial charge on any atom is 0.325 e. The molecule has 0 spiro atoms. The number of piperazine rings is 1. The SMILES string of the molecule is COc1cccc(C(C(=O)O)N2CCN(CC(C)C)CC2C)c1. The molecular weight excluding hydrogens is 292 g/mol. The van der Waals surface area contributed by atoms with Crippen molar-refractivity contribution in [1.82, 2.24) is 9.80 Å². The van der Waals surface area contributed by atoms with Crippen LogP contribution in [0.4, 0.5) is 0 Å². The molecule has 0 aromatic heterocycles. The number of hydrogen-bond acceptors (Lipinski definition) is 4. The predicted octanol–water partition coefficient (Wildman–Crippen LogP) is 2.48. The highest BCUT2D eigenvalue weighted by Gasteiger charge is 2.34. The Morgan fingerprint density at radius 3 is 2.70 bits per heavy atom. The summed E-state index contributed by atoms with van der Waals surface area (Å²) in [5.41, 5.74) is 0.779. The van der Waals surface area contributed by atoms with Crippen molar-refractivity contribution in [2.75, 3.05) is 33.3 Å². The number of methoxy groups -OCH3 is 1. The van der Waals surface area contributed by atoms with E-state index in [0.29, 0.717) is 11.7 Å². The molecule has 23 heavy (non-hydrogen) atoms. The highest BCUT2D eigenvalue weighted by Crippen LogP contribution is 2.28. The smallest absolute Gasteiger partial charge is 0.325 e. The third kappa shape index (κ3) is 4.45. The van der Waals surface area contributed by atoms with E-state index in [1.165, 1.54) is 0 Å². The Morgan fingerprint density at radius 1 is 1.39 bits per heavy atom. The fraction of sp³-hybridized carbons (Fsp3) is 0.611. The lowest BCUT2D eigenvalue weighted by Gasteiger charge is -2.43. The Morgan fingerprint density at radius 2 is 2.13 bits per heavy atom. The van der Waals surface area contributed by atoms with Crippen molar-refractivity contribution < 1.29 is 14.6 Å². The maximum absolute atomic E-state index is 11.9. The molecular formula is C18H28N2O3. The summed E-state index contributed by atoms with van der Waals surface area (Å²) >= 11 is 0. The maximum atomic E-state index is 11.9. The van der Waals surface area contributed by atoms with Gasteiger partial charge in [-0.05, 0) is 30.5 Å². The molecule has 128 valence electrons. The molecule has 0 saturated carbocycles. The average molecular weight is 320 g/mol. The van der Waals surface area contributed by atoms with E-state index in [9.17, 15) is 9.90 Å². The fourth-order valence-electron chi connectivity index (χ4n) is 3.40. The third-order valence-electron chi connectivity index (χ3n) is 4.36. The van der Waals surface area contributed by atoms with Gasteiger partial charge in [-0.2, -0.15) is 0 Å². The van der Waals surface area contributed by atoms with Gasteiger partial charge in [0.1, 0.15) is 11.8 Å². The first-order valence-corrected chi connectivity index (χ1v) is 8.27. The second kappa shape index (κ2) is 7.79. The minimum atomic E-state index is -0.803. The van der Waals surface area contributed by atoms with Crippen LogP contribution >= 0.6 is 0 Å². The second-order valence-corrected chi connectivity index (χ2v) is 6.76. The van der Waals surface area contributed by atoms with E-state index in [-0.39, 0.29) is 6.04 Å². The molecule has 1 aliphatic heterocycles. The van der Waals surface area contributed by atoms with Crippen molar-refractivity contribution in [2.24, 2.45) is 5.92 Å². The van der Waals surface area contributed by atoms with Crippen LogP contribution in [0.25, 0.3) is 0 Å². The number of rotatable bonds is 6. The lowest BCUT2D eigenvalue weighted by atomic mass is 10.0. The molecule has 1 aliphatic rings. The van der Waals surface area contributed by atoms with Gasteiger partial charge in [0.2, 0.25) is 0 Å². The Kier molecular flexibility index (Phi) is 6.02. The highest BCUT2D eigenvalue weighted by atomic mass is 16.5. The number of ether oxygens (including phenoxy) is 1. The molecule has 5 heteroatoms. The third-order valence-corrected chi connectivity index (χ3v) is 4.36. The Bertz CT molecular complexity index is 533. The van der Waals surface area contributed by atoms with Crippen LogP contribution in [0.5, 0.6) is 5.75 Å². The first-order chi connectivity index (χ1) is 10.9. The summed E-state index contributed by atoms with van der Waals surface area (Å²) in [7, 11) is 1.60. The lowest BCUT2D eigenvalue weighted by molar-refractivity contribution is -0.145. The second-order valence-electron chi connectivity index (χ2n) is 6.76. The summed E-state index contributed by atoms with van der Waals surface area (Å²) < 4.78 is 5.24. The molecule has 1 aromatic carbocycles. The van der Waals surface area contributed by atoms with Gasteiger partial charge in [-0.1, -0.05) is 26.0 Å². The van der Waals surface area contributed by atoms with E-state index in [0.717, 1.165) is 31.7 Å². The number of benzene rings is 1. The topological polar surface area (TPSA) is 53.0 Å². The quantitative estimate of drug-likeness (QED) is 0.873. The minimum absolute atomic E-state index is 0.204. The van der Waals surface area contributed by atoms with Crippen molar-refractivity contribution in [3.8, 4) is 5.75 Å². The number of aliphatic carboxylic acids is 1. The molecule has 1 fully saturated rings. The van der Waals surface area contributed by atoms with E-state index >= 15 is 0 Å². The standard InChI is InChI=1S/C18H28N2O3/c1-13(2)11-19-8-9-20(14(3)12-19)17(18(21)22)15-6-5-7-16(10-15)23-4/h5-7,10,13-14,17H,8-9,11-12H2,1-4H3,(H,21,22). The molecule has 5 nitrogen and oxygen atoms in total. The van der Waals surface area contributed by atoms with Crippen LogP contribution in [0.1, 0.15) is 32.4 Å². The molecule has 1 saturated heterocycles. The molecule has 0 aliphatic carbocycles. The van der Waals surface area contributed by atoms with Crippen molar-refractivity contribution in [1.29, 1.82) is 0 Å². The van der Waals surface area contributed by atoms with Gasteiger partial charge in [0.25, 0.3) is 0 Å². The van der Waals surface area contributed by atoms with Gasteiger partial charge in [0.15, 0.2) is 0 Å². The number of hydrogen-bond donors (Lipinski definition) is 1. The summed E-state index contributed by atoms with van der Waals surface area (Å²) in [6.45, 7) is 10.2. The van der Waals surface area contributed by atoms with Crippen LogP contribution < -0.4 is 4.74 Å². The Hall–Kier alpha value is -1.59. The fourth-order valence-corrected chi connectivity index (χ4v) is 3.40. The van der Waals surface area contributed by atoms with Crippen LogP contribution in [0.3, 0.4) is 0 Å². The van der Waals surface area contributed by atoms with Gasteiger partial charge in [-0.25, -0.2) is 0 Å². The van der Waals surface area contributed by atoms with Gasteiger partial charge in [-0.3, -0.25) is 9.69 Å². The number of carbonyl (C=O) groups is 1. The molecule has 2 rings (SSSR count). The zero-order valence-electron chi connectivity index (χ0n) is 14.5. The van der Waals surface area contributed by atoms with Crippen molar-refractivity contribution in [2.45, 2.75) is 32.9 Å². The summed E-state index contributed by atoms with van der Waals surface area (Å²) in [5, 5.41) is 9.78. The highest BCUT2D eigenvalue weighted by molar-refractivity contribution is 5.75. The van der Waals surface area contributed by atoms with Gasteiger partial charge in [0.05, 0.1) is 7.11 Å². The van der Waals surface area contributed by atoms with Crippen LogP contribution in [-0.4, -0.2) is 60.2 Å². The molecule has 0 radical (unpaired) electrons. The first kappa shape index (κ1) is 17.8. The van der Waals surface area contributed by atoms with Crippen molar-refractivity contribution >= 4 is 5.97 Å². The van der Waals surface area contributed by atoms with Gasteiger partial charge >= 0.3 is 5.97 Å². The van der Waals surface area contributed by atoms with Crippen molar-refractivity contribution in [3.63, 3.8) is 0 Å². The van der Waals surface area contributed by atoms with Gasteiger partial charge in [0, 0.05) is 32.2 Å². The summed E-state index contributed by atoms with van der Waals surface area (Å²) in [6, 6.07) is 6.97. The molecule has 1 heterocycles. The molecule has 2 unspecified atom stereocenters. The van der Waals surface area contributed by atoms with Gasteiger partial charge < -0.3 is 14.7 Å². The summed E-state index contributed by atoms with van der Waals surface area (Å²) in [5.74, 6) is 0.518. The minimum Gasteiger partial charge on any atom is -0.497 e. The summed E-state index contributed by atoms with van der Waals surface area (Å²) in [4.78, 5) is 16.4. The van der Waals surface area contributed by atoms with E-state index in [1.807, 2.05) is 24.3 Å². The first-order valence-electron chi connectivity index (χ1n) is 8.27. The molecule has 0 bridgehead atoms. The molecule has 0 amide bonds. The van der Waals surface area contributed by atoms with Crippen LogP contribution in [-0.2, 0) is 4.79 Å². The van der Waals surface area contributed by atoms with E-state index in [1.54, 1.807) is 7.11 Å². The van der Waals surface area contributed by atoms with Crippen LogP contribution in [0.2, 0.25) is 0 Å². The van der Waals surface area contributed by atoms with E-state index in [2.05, 4.69) is 30.6 Å². The zero-order valence-corrected chi connectivity index (χ0v) is 14.5. The number of carboxylic acids is 1. The monoisotopic (exact) mass is 320 g/mol. The van der Waals surface area contributed by atoms with Gasteiger partial charge in [-0.15, -0.1) is 0 Å². The molecule has 1 N–H and O–H groups in total. The average Bonchev–Trinajstić information content (AvgIpc) is 2.49. The Balaban J connectivity index is 2.17. The largest absolute Gasteiger partial charge is 0.497 e. The normalized spacial score (nSPS) is 21.3. The van der Waals surface area contributed by atoms with E-state index in [4.69, 9.17) is 4.74 Å². The lowest BCUT2D eigenvalue weighted by Crippen LogP contribution is -2.54. The zero-order chi connectivity index (χ0) is 17.0.